The number of halogens is 2. The summed E-state index contributed by atoms with van der Waals surface area (Å²) in [4.78, 5) is 12.9. The molecule has 7 nitrogen and oxygen atoms in total. The summed E-state index contributed by atoms with van der Waals surface area (Å²) in [5, 5.41) is 20.1. The molecule has 0 aliphatic heterocycles. The molecule has 118 valence electrons. The number of hydrogen-bond acceptors (Lipinski definition) is 5. The van der Waals surface area contributed by atoms with Crippen LogP contribution in [-0.2, 0) is 9.05 Å². The van der Waals surface area contributed by atoms with Crippen LogP contribution in [0.1, 0.15) is 0 Å². The SMILES string of the molecule is O=C(Nc1ccc(S(=O)(=O)Cl)cc1Cl)N(CCO)CCO. The van der Waals surface area contributed by atoms with Crippen LogP contribution in [0.25, 0.3) is 0 Å². The van der Waals surface area contributed by atoms with Gasteiger partial charge >= 0.3 is 6.03 Å². The second-order valence-electron chi connectivity index (χ2n) is 3.94. The van der Waals surface area contributed by atoms with E-state index in [0.717, 1.165) is 6.07 Å². The highest BCUT2D eigenvalue weighted by Crippen LogP contribution is 2.27. The second kappa shape index (κ2) is 7.81. The highest BCUT2D eigenvalue weighted by molar-refractivity contribution is 8.13. The third-order valence-electron chi connectivity index (χ3n) is 2.49. The van der Waals surface area contributed by atoms with Crippen LogP contribution in [0.15, 0.2) is 23.1 Å². The quantitative estimate of drug-likeness (QED) is 0.661. The fourth-order valence-electron chi connectivity index (χ4n) is 1.50. The van der Waals surface area contributed by atoms with Crippen LogP contribution < -0.4 is 5.32 Å². The fourth-order valence-corrected chi connectivity index (χ4v) is 2.57. The highest BCUT2D eigenvalue weighted by Gasteiger charge is 2.16. The van der Waals surface area contributed by atoms with Gasteiger partial charge in [-0.15, -0.1) is 0 Å². The van der Waals surface area contributed by atoms with Crippen molar-refractivity contribution >= 4 is 43.1 Å². The van der Waals surface area contributed by atoms with Gasteiger partial charge in [0, 0.05) is 23.8 Å². The first-order valence-electron chi connectivity index (χ1n) is 5.81. The lowest BCUT2D eigenvalue weighted by molar-refractivity contribution is 0.167. The summed E-state index contributed by atoms with van der Waals surface area (Å²) in [6.45, 7) is -0.439. The minimum atomic E-state index is -3.91. The Bertz CT molecular complexity index is 603. The zero-order valence-corrected chi connectivity index (χ0v) is 13.1. The van der Waals surface area contributed by atoms with Gasteiger partial charge in [-0.1, -0.05) is 11.6 Å². The molecule has 0 spiro atoms. The summed E-state index contributed by atoms with van der Waals surface area (Å²) in [5.41, 5.74) is 0.187. The standard InChI is InChI=1S/C11H14Cl2N2O5S/c12-9-7-8(21(13,19)20)1-2-10(9)14-11(18)15(3-5-16)4-6-17/h1-2,7,16-17H,3-6H2,(H,14,18). The number of urea groups is 1. The summed E-state index contributed by atoms with van der Waals surface area (Å²) in [6.07, 6.45) is 0. The van der Waals surface area contributed by atoms with E-state index in [1.54, 1.807) is 0 Å². The monoisotopic (exact) mass is 356 g/mol. The van der Waals surface area contributed by atoms with Crippen molar-refractivity contribution in [1.29, 1.82) is 0 Å². The lowest BCUT2D eigenvalue weighted by Gasteiger charge is -2.21. The molecule has 0 aliphatic rings. The average Bonchev–Trinajstić information content (AvgIpc) is 2.39. The molecule has 1 rings (SSSR count). The van der Waals surface area contributed by atoms with Crippen molar-refractivity contribution in [2.45, 2.75) is 4.90 Å². The predicted octanol–water partition coefficient (Wildman–Crippen LogP) is 1.09. The topological polar surface area (TPSA) is 107 Å². The zero-order valence-electron chi connectivity index (χ0n) is 10.8. The van der Waals surface area contributed by atoms with E-state index in [9.17, 15) is 13.2 Å². The van der Waals surface area contributed by atoms with Crippen molar-refractivity contribution < 1.29 is 23.4 Å². The van der Waals surface area contributed by atoms with Crippen LogP contribution in [0.4, 0.5) is 10.5 Å². The molecule has 0 radical (unpaired) electrons. The molecule has 3 N–H and O–H groups in total. The van der Waals surface area contributed by atoms with E-state index in [0.29, 0.717) is 0 Å². The Morgan fingerprint density at radius 3 is 2.24 bits per heavy atom. The number of amides is 2. The average molecular weight is 357 g/mol. The predicted molar refractivity (Wildman–Crippen MR) is 79.3 cm³/mol. The smallest absolute Gasteiger partial charge is 0.322 e. The maximum Gasteiger partial charge on any atom is 0.322 e. The van der Waals surface area contributed by atoms with Crippen molar-refractivity contribution in [3.8, 4) is 0 Å². The van der Waals surface area contributed by atoms with Crippen LogP contribution in [0, 0.1) is 0 Å². The van der Waals surface area contributed by atoms with Crippen molar-refractivity contribution in [2.24, 2.45) is 0 Å². The van der Waals surface area contributed by atoms with Crippen molar-refractivity contribution in [2.75, 3.05) is 31.6 Å². The Hall–Kier alpha value is -1.06. The van der Waals surface area contributed by atoms with Gasteiger partial charge in [-0.25, -0.2) is 13.2 Å². The third-order valence-corrected chi connectivity index (χ3v) is 4.15. The molecule has 1 aromatic carbocycles. The van der Waals surface area contributed by atoms with Crippen LogP contribution in [0.3, 0.4) is 0 Å². The van der Waals surface area contributed by atoms with Gasteiger partial charge in [-0.2, -0.15) is 0 Å². The lowest BCUT2D eigenvalue weighted by atomic mass is 10.3. The van der Waals surface area contributed by atoms with Crippen molar-refractivity contribution in [3.05, 3.63) is 23.2 Å². The van der Waals surface area contributed by atoms with E-state index < -0.39 is 15.1 Å². The van der Waals surface area contributed by atoms with Crippen molar-refractivity contribution in [3.63, 3.8) is 0 Å². The second-order valence-corrected chi connectivity index (χ2v) is 6.92. The number of carbonyl (C=O) groups excluding carboxylic acids is 1. The maximum atomic E-state index is 11.9. The number of aliphatic hydroxyl groups excluding tert-OH is 2. The molecular weight excluding hydrogens is 343 g/mol. The van der Waals surface area contributed by atoms with E-state index in [1.165, 1.54) is 17.0 Å². The van der Waals surface area contributed by atoms with Gasteiger partial charge in [-0.05, 0) is 18.2 Å². The summed E-state index contributed by atoms with van der Waals surface area (Å²) in [7, 11) is 1.28. The van der Waals surface area contributed by atoms with Crippen LogP contribution in [0.2, 0.25) is 5.02 Å². The molecule has 21 heavy (non-hydrogen) atoms. The molecule has 0 aliphatic carbocycles. The normalized spacial score (nSPS) is 11.2. The molecule has 2 amide bonds. The largest absolute Gasteiger partial charge is 0.395 e. The number of aliphatic hydroxyl groups is 2. The van der Waals surface area contributed by atoms with E-state index in [4.69, 9.17) is 32.5 Å². The molecule has 0 atom stereocenters. The van der Waals surface area contributed by atoms with Gasteiger partial charge < -0.3 is 20.4 Å². The first kappa shape index (κ1) is 18.0. The molecule has 10 heteroatoms. The number of nitrogens with one attached hydrogen (secondary N) is 1. The summed E-state index contributed by atoms with van der Waals surface area (Å²) in [6, 6.07) is 3.03. The Morgan fingerprint density at radius 2 is 1.81 bits per heavy atom. The lowest BCUT2D eigenvalue weighted by Crippen LogP contribution is -2.39. The van der Waals surface area contributed by atoms with Gasteiger partial charge in [0.2, 0.25) is 0 Å². The molecule has 0 aromatic heterocycles. The number of benzene rings is 1. The maximum absolute atomic E-state index is 11.9. The van der Waals surface area contributed by atoms with E-state index in [2.05, 4.69) is 5.32 Å². The van der Waals surface area contributed by atoms with E-state index >= 15 is 0 Å². The zero-order chi connectivity index (χ0) is 16.0. The Morgan fingerprint density at radius 1 is 1.24 bits per heavy atom. The van der Waals surface area contributed by atoms with Gasteiger partial charge in [-0.3, -0.25) is 0 Å². The minimum Gasteiger partial charge on any atom is -0.395 e. The Balaban J connectivity index is 2.90. The van der Waals surface area contributed by atoms with Crippen LogP contribution in [-0.4, -0.2) is 55.9 Å². The van der Waals surface area contributed by atoms with Crippen molar-refractivity contribution in [1.82, 2.24) is 4.90 Å². The number of carbonyl (C=O) groups is 1. The number of nitrogens with zero attached hydrogens (tertiary/aromatic N) is 1. The number of rotatable bonds is 6. The molecular formula is C11H14Cl2N2O5S. The van der Waals surface area contributed by atoms with Crippen LogP contribution >= 0.6 is 22.3 Å². The van der Waals surface area contributed by atoms with Gasteiger partial charge in [0.15, 0.2) is 0 Å². The Labute approximate surface area is 131 Å². The van der Waals surface area contributed by atoms with Gasteiger partial charge in [0.1, 0.15) is 0 Å². The number of anilines is 1. The Kier molecular flexibility index (Phi) is 6.69. The first-order valence-corrected chi connectivity index (χ1v) is 8.50. The fraction of sp³-hybridized carbons (Fsp3) is 0.364. The van der Waals surface area contributed by atoms with Gasteiger partial charge in [0.25, 0.3) is 9.05 Å². The molecule has 0 saturated heterocycles. The third kappa shape index (κ3) is 5.33. The molecule has 0 fully saturated rings. The van der Waals surface area contributed by atoms with E-state index in [-0.39, 0.29) is 41.9 Å². The highest BCUT2D eigenvalue weighted by atomic mass is 35.7. The summed E-state index contributed by atoms with van der Waals surface area (Å²) < 4.78 is 22.3. The summed E-state index contributed by atoms with van der Waals surface area (Å²) in [5.74, 6) is 0. The molecule has 0 saturated carbocycles. The molecule has 0 bridgehead atoms. The molecule has 0 heterocycles. The number of hydrogen-bond donors (Lipinski definition) is 3. The first-order chi connectivity index (χ1) is 9.79. The molecule has 1 aromatic rings. The van der Waals surface area contributed by atoms with Gasteiger partial charge in [0.05, 0.1) is 28.8 Å². The van der Waals surface area contributed by atoms with E-state index in [1.807, 2.05) is 0 Å². The minimum absolute atomic E-state index is 0.00183. The van der Waals surface area contributed by atoms with Crippen LogP contribution in [0.5, 0.6) is 0 Å². The summed E-state index contributed by atoms with van der Waals surface area (Å²) >= 11 is 5.88. The molecule has 0 unspecified atom stereocenters.